The summed E-state index contributed by atoms with van der Waals surface area (Å²) in [5.74, 6) is 0.753. The van der Waals surface area contributed by atoms with Crippen molar-refractivity contribution >= 4 is 0 Å². The van der Waals surface area contributed by atoms with Gasteiger partial charge in [0.05, 0.1) is 5.56 Å². The van der Waals surface area contributed by atoms with Crippen LogP contribution in [0.4, 0.5) is 13.2 Å². The molecular weight excluding hydrogens is 283 g/mol. The van der Waals surface area contributed by atoms with Gasteiger partial charge in [-0.2, -0.15) is 18.3 Å². The predicted octanol–water partition coefficient (Wildman–Crippen LogP) is 2.71. The Labute approximate surface area is 119 Å². The van der Waals surface area contributed by atoms with Crippen molar-refractivity contribution in [2.45, 2.75) is 38.1 Å². The van der Waals surface area contributed by atoms with E-state index in [1.54, 1.807) is 10.7 Å². The van der Waals surface area contributed by atoms with Gasteiger partial charge in [0.25, 0.3) is 0 Å². The molecule has 21 heavy (non-hydrogen) atoms. The number of aliphatic hydroxyl groups is 1. The Balaban J connectivity index is 1.91. The van der Waals surface area contributed by atoms with Gasteiger partial charge >= 0.3 is 6.18 Å². The van der Waals surface area contributed by atoms with Gasteiger partial charge in [0, 0.05) is 13.0 Å². The Morgan fingerprint density at radius 3 is 2.76 bits per heavy atom. The molecule has 0 bridgehead atoms. The van der Waals surface area contributed by atoms with Crippen LogP contribution in [0.15, 0.2) is 24.3 Å². The second kappa shape index (κ2) is 5.14. The lowest BCUT2D eigenvalue weighted by Gasteiger charge is -2.16. The number of alkyl halides is 3. The molecular formula is C14H14F3N3O. The first-order valence-electron chi connectivity index (χ1n) is 6.72. The molecule has 1 aromatic heterocycles. The predicted molar refractivity (Wildman–Crippen MR) is 68.5 cm³/mol. The molecule has 0 spiro atoms. The first-order chi connectivity index (χ1) is 9.95. The molecule has 0 radical (unpaired) electrons. The lowest BCUT2D eigenvalue weighted by molar-refractivity contribution is -0.138. The van der Waals surface area contributed by atoms with Crippen molar-refractivity contribution in [2.24, 2.45) is 0 Å². The SMILES string of the molecule is OC1CCCn2nc(Cc3ccccc3C(F)(F)F)nc21. The summed E-state index contributed by atoms with van der Waals surface area (Å²) >= 11 is 0. The Kier molecular flexibility index (Phi) is 3.44. The Hall–Kier alpha value is -1.89. The van der Waals surface area contributed by atoms with Gasteiger partial charge in [-0.1, -0.05) is 18.2 Å². The van der Waals surface area contributed by atoms with Crippen LogP contribution >= 0.6 is 0 Å². The van der Waals surface area contributed by atoms with Crippen molar-refractivity contribution in [1.29, 1.82) is 0 Å². The van der Waals surface area contributed by atoms with Crippen molar-refractivity contribution in [3.63, 3.8) is 0 Å². The normalized spacial score (nSPS) is 18.6. The number of hydrogen-bond donors (Lipinski definition) is 1. The molecule has 112 valence electrons. The van der Waals surface area contributed by atoms with E-state index in [0.29, 0.717) is 24.6 Å². The zero-order valence-corrected chi connectivity index (χ0v) is 11.1. The van der Waals surface area contributed by atoms with Gasteiger partial charge in [-0.15, -0.1) is 0 Å². The number of aromatic nitrogens is 3. The summed E-state index contributed by atoms with van der Waals surface area (Å²) in [5, 5.41) is 14.0. The summed E-state index contributed by atoms with van der Waals surface area (Å²) in [5.41, 5.74) is -0.527. The maximum atomic E-state index is 13.0. The molecule has 0 amide bonds. The van der Waals surface area contributed by atoms with Crippen LogP contribution in [0.2, 0.25) is 0 Å². The molecule has 2 aromatic rings. The van der Waals surface area contributed by atoms with Gasteiger partial charge in [0.1, 0.15) is 6.10 Å². The quantitative estimate of drug-likeness (QED) is 0.927. The van der Waals surface area contributed by atoms with E-state index in [1.807, 2.05) is 0 Å². The van der Waals surface area contributed by atoms with E-state index in [9.17, 15) is 18.3 Å². The number of fused-ring (bicyclic) bond motifs is 1. The summed E-state index contributed by atoms with van der Waals surface area (Å²) in [6.45, 7) is 0.639. The molecule has 0 aliphatic carbocycles. The third-order valence-electron chi connectivity index (χ3n) is 3.56. The van der Waals surface area contributed by atoms with Gasteiger partial charge in [-0.05, 0) is 24.5 Å². The molecule has 1 N–H and O–H groups in total. The molecule has 4 nitrogen and oxygen atoms in total. The molecule has 0 fully saturated rings. The molecule has 1 unspecified atom stereocenters. The fraction of sp³-hybridized carbons (Fsp3) is 0.429. The first kappa shape index (κ1) is 14.1. The summed E-state index contributed by atoms with van der Waals surface area (Å²) in [7, 11) is 0. The van der Waals surface area contributed by atoms with Crippen molar-refractivity contribution in [2.75, 3.05) is 0 Å². The zero-order chi connectivity index (χ0) is 15.0. The highest BCUT2D eigenvalue weighted by molar-refractivity contribution is 5.31. The lowest BCUT2D eigenvalue weighted by Crippen LogP contribution is -2.16. The molecule has 1 atom stereocenters. The maximum absolute atomic E-state index is 13.0. The third kappa shape index (κ3) is 2.78. The first-order valence-corrected chi connectivity index (χ1v) is 6.72. The van der Waals surface area contributed by atoms with Crippen molar-refractivity contribution in [3.8, 4) is 0 Å². The van der Waals surface area contributed by atoms with E-state index in [-0.39, 0.29) is 12.0 Å². The highest BCUT2D eigenvalue weighted by atomic mass is 19.4. The van der Waals surface area contributed by atoms with Gasteiger partial charge < -0.3 is 5.11 Å². The van der Waals surface area contributed by atoms with E-state index >= 15 is 0 Å². The number of aliphatic hydroxyl groups excluding tert-OH is 1. The van der Waals surface area contributed by atoms with Crippen LogP contribution in [0.3, 0.4) is 0 Å². The van der Waals surface area contributed by atoms with E-state index in [0.717, 1.165) is 12.5 Å². The average Bonchev–Trinajstić information content (AvgIpc) is 2.82. The zero-order valence-electron chi connectivity index (χ0n) is 11.1. The smallest absolute Gasteiger partial charge is 0.385 e. The molecule has 0 saturated heterocycles. The van der Waals surface area contributed by atoms with Gasteiger partial charge in [0.15, 0.2) is 11.6 Å². The minimum absolute atomic E-state index is 0.00238. The Bertz CT molecular complexity index is 651. The van der Waals surface area contributed by atoms with E-state index in [1.165, 1.54) is 12.1 Å². The second-order valence-corrected chi connectivity index (χ2v) is 5.10. The number of halogens is 3. The number of benzene rings is 1. The van der Waals surface area contributed by atoms with Gasteiger partial charge in [-0.3, -0.25) is 0 Å². The minimum Gasteiger partial charge on any atom is -0.385 e. The summed E-state index contributed by atoms with van der Waals surface area (Å²) < 4.78 is 40.4. The number of rotatable bonds is 2. The summed E-state index contributed by atoms with van der Waals surface area (Å²) in [4.78, 5) is 4.18. The van der Waals surface area contributed by atoms with Crippen molar-refractivity contribution in [1.82, 2.24) is 14.8 Å². The van der Waals surface area contributed by atoms with E-state index in [4.69, 9.17) is 0 Å². The third-order valence-corrected chi connectivity index (χ3v) is 3.56. The molecule has 1 aliphatic heterocycles. The summed E-state index contributed by atoms with van der Waals surface area (Å²) in [6, 6.07) is 5.41. The molecule has 1 aromatic carbocycles. The van der Waals surface area contributed by atoms with Crippen LogP contribution in [0.1, 0.15) is 41.7 Å². The van der Waals surface area contributed by atoms with E-state index < -0.39 is 17.8 Å². The summed E-state index contributed by atoms with van der Waals surface area (Å²) in [6.07, 6.45) is -3.68. The fourth-order valence-electron chi connectivity index (χ4n) is 2.57. The van der Waals surface area contributed by atoms with Crippen LogP contribution < -0.4 is 0 Å². The number of hydrogen-bond acceptors (Lipinski definition) is 3. The van der Waals surface area contributed by atoms with E-state index in [2.05, 4.69) is 10.1 Å². The minimum atomic E-state index is -4.39. The second-order valence-electron chi connectivity index (χ2n) is 5.10. The fourth-order valence-corrected chi connectivity index (χ4v) is 2.57. The van der Waals surface area contributed by atoms with Gasteiger partial charge in [0.2, 0.25) is 0 Å². The van der Waals surface area contributed by atoms with Crippen LogP contribution in [0.25, 0.3) is 0 Å². The average molecular weight is 297 g/mol. The Morgan fingerprint density at radius 2 is 2.05 bits per heavy atom. The molecule has 0 saturated carbocycles. The number of nitrogens with zero attached hydrogens (tertiary/aromatic N) is 3. The maximum Gasteiger partial charge on any atom is 0.416 e. The molecule has 1 aliphatic rings. The Morgan fingerprint density at radius 1 is 1.29 bits per heavy atom. The highest BCUT2D eigenvalue weighted by Gasteiger charge is 2.33. The monoisotopic (exact) mass is 297 g/mol. The van der Waals surface area contributed by atoms with Crippen LogP contribution in [0, 0.1) is 0 Å². The molecule has 3 rings (SSSR count). The molecule has 2 heterocycles. The van der Waals surface area contributed by atoms with Crippen molar-refractivity contribution in [3.05, 3.63) is 47.0 Å². The largest absolute Gasteiger partial charge is 0.416 e. The highest BCUT2D eigenvalue weighted by Crippen LogP contribution is 2.32. The number of aryl methyl sites for hydroxylation is 1. The van der Waals surface area contributed by atoms with Crippen LogP contribution in [-0.2, 0) is 19.1 Å². The standard InChI is InChI=1S/C14H14F3N3O/c15-14(16,17)10-5-2-1-4-9(10)8-12-18-13-11(21)6-3-7-20(13)19-12/h1-2,4-5,11,21H,3,6-8H2. The van der Waals surface area contributed by atoms with Gasteiger partial charge in [-0.25, -0.2) is 9.67 Å². The van der Waals surface area contributed by atoms with Crippen molar-refractivity contribution < 1.29 is 18.3 Å². The van der Waals surface area contributed by atoms with Crippen LogP contribution in [-0.4, -0.2) is 19.9 Å². The topological polar surface area (TPSA) is 50.9 Å². The molecule has 7 heteroatoms. The lowest BCUT2D eigenvalue weighted by atomic mass is 10.0. The van der Waals surface area contributed by atoms with Crippen LogP contribution in [0.5, 0.6) is 0 Å².